The summed E-state index contributed by atoms with van der Waals surface area (Å²) in [6.07, 6.45) is -0.564. The first-order chi connectivity index (χ1) is 13.7. The van der Waals surface area contributed by atoms with E-state index in [1.165, 1.54) is 0 Å². The molecule has 0 saturated carbocycles. The first-order valence-electron chi connectivity index (χ1n) is 9.61. The van der Waals surface area contributed by atoms with Gasteiger partial charge in [-0.1, -0.05) is 36.4 Å². The van der Waals surface area contributed by atoms with Gasteiger partial charge in [0.1, 0.15) is 5.75 Å². The normalized spacial score (nSPS) is 16.0. The van der Waals surface area contributed by atoms with Crippen LogP contribution in [0.5, 0.6) is 5.75 Å². The van der Waals surface area contributed by atoms with E-state index in [9.17, 15) is 9.90 Å². The quantitative estimate of drug-likeness (QED) is 0.755. The Kier molecular flexibility index (Phi) is 7.42. The Hall–Kier alpha value is -2.41. The lowest BCUT2D eigenvalue weighted by Crippen LogP contribution is -2.50. The number of para-hydroxylation sites is 1. The van der Waals surface area contributed by atoms with Crippen molar-refractivity contribution in [2.75, 3.05) is 46.4 Å². The molecule has 150 valence electrons. The molecule has 6 heteroatoms. The maximum atomic E-state index is 12.5. The number of carbonyl (C=O) groups is 1. The summed E-state index contributed by atoms with van der Waals surface area (Å²) >= 11 is 0. The molecule has 6 nitrogen and oxygen atoms in total. The summed E-state index contributed by atoms with van der Waals surface area (Å²) in [5.74, 6) is 0.858. The van der Waals surface area contributed by atoms with Crippen molar-refractivity contribution in [3.8, 4) is 5.75 Å². The summed E-state index contributed by atoms with van der Waals surface area (Å²) in [4.78, 5) is 16.5. The Bertz CT molecular complexity index is 745. The first-order valence-corrected chi connectivity index (χ1v) is 9.61. The van der Waals surface area contributed by atoms with Crippen molar-refractivity contribution in [3.63, 3.8) is 0 Å². The summed E-state index contributed by atoms with van der Waals surface area (Å²) in [7, 11) is 1.63. The molecule has 3 rings (SSSR count). The predicted molar refractivity (Wildman–Crippen MR) is 107 cm³/mol. The molecule has 1 heterocycles. The molecule has 0 aromatic heterocycles. The Morgan fingerprint density at radius 2 is 1.71 bits per heavy atom. The van der Waals surface area contributed by atoms with Crippen molar-refractivity contribution in [1.82, 2.24) is 9.80 Å². The summed E-state index contributed by atoms with van der Waals surface area (Å²) in [5.41, 5.74) is 1.69. The maximum Gasteiger partial charge on any atom is 0.253 e. The van der Waals surface area contributed by atoms with Gasteiger partial charge in [0.05, 0.1) is 26.4 Å². The van der Waals surface area contributed by atoms with Crippen LogP contribution in [0.1, 0.15) is 15.9 Å². The SMILES string of the molecule is COc1ccccc1COCC(O)CN1CCN(C(=O)c2ccccc2)CC1. The average Bonchev–Trinajstić information content (AvgIpc) is 2.75. The van der Waals surface area contributed by atoms with E-state index in [2.05, 4.69) is 4.90 Å². The Morgan fingerprint density at radius 3 is 2.43 bits per heavy atom. The third-order valence-electron chi connectivity index (χ3n) is 4.91. The van der Waals surface area contributed by atoms with Crippen LogP contribution in [0.3, 0.4) is 0 Å². The van der Waals surface area contributed by atoms with E-state index in [0.29, 0.717) is 26.2 Å². The second kappa shape index (κ2) is 10.2. The van der Waals surface area contributed by atoms with E-state index < -0.39 is 6.10 Å². The monoisotopic (exact) mass is 384 g/mol. The van der Waals surface area contributed by atoms with E-state index >= 15 is 0 Å². The first kappa shape index (κ1) is 20.3. The molecule has 2 aromatic rings. The molecule has 1 aliphatic rings. The molecule has 1 N–H and O–H groups in total. The van der Waals surface area contributed by atoms with E-state index in [4.69, 9.17) is 9.47 Å². The minimum atomic E-state index is -0.564. The molecule has 0 radical (unpaired) electrons. The van der Waals surface area contributed by atoms with Crippen LogP contribution in [0.4, 0.5) is 0 Å². The molecule has 1 aliphatic heterocycles. The van der Waals surface area contributed by atoms with Gasteiger partial charge < -0.3 is 19.5 Å². The van der Waals surface area contributed by atoms with Crippen LogP contribution < -0.4 is 4.74 Å². The highest BCUT2D eigenvalue weighted by Crippen LogP contribution is 2.18. The highest BCUT2D eigenvalue weighted by atomic mass is 16.5. The minimum absolute atomic E-state index is 0.0703. The largest absolute Gasteiger partial charge is 0.496 e. The summed E-state index contributed by atoms with van der Waals surface area (Å²) < 4.78 is 11.0. The predicted octanol–water partition coefficient (Wildman–Crippen LogP) is 2.03. The molecular formula is C22H28N2O4. The molecule has 1 atom stereocenters. The molecule has 1 amide bonds. The Balaban J connectivity index is 1.38. The van der Waals surface area contributed by atoms with Crippen molar-refractivity contribution in [3.05, 3.63) is 65.7 Å². The lowest BCUT2D eigenvalue weighted by Gasteiger charge is -2.35. The van der Waals surface area contributed by atoms with Crippen LogP contribution in [0.2, 0.25) is 0 Å². The summed E-state index contributed by atoms with van der Waals surface area (Å²) in [5, 5.41) is 10.3. The number of piperazine rings is 1. The van der Waals surface area contributed by atoms with Crippen LogP contribution in [0.25, 0.3) is 0 Å². The molecule has 1 fully saturated rings. The van der Waals surface area contributed by atoms with Crippen molar-refractivity contribution in [2.45, 2.75) is 12.7 Å². The maximum absolute atomic E-state index is 12.5. The van der Waals surface area contributed by atoms with Gasteiger partial charge in [-0.2, -0.15) is 0 Å². The highest BCUT2D eigenvalue weighted by Gasteiger charge is 2.23. The van der Waals surface area contributed by atoms with Crippen LogP contribution in [0.15, 0.2) is 54.6 Å². The lowest BCUT2D eigenvalue weighted by molar-refractivity contribution is 0.00166. The third-order valence-corrected chi connectivity index (χ3v) is 4.91. The fraction of sp³-hybridized carbons (Fsp3) is 0.409. The number of hydrogen-bond donors (Lipinski definition) is 1. The third kappa shape index (κ3) is 5.55. The number of amides is 1. The number of aliphatic hydroxyl groups excluding tert-OH is 1. The second-order valence-electron chi connectivity index (χ2n) is 6.94. The number of hydrogen-bond acceptors (Lipinski definition) is 5. The Morgan fingerprint density at radius 1 is 1.04 bits per heavy atom. The van der Waals surface area contributed by atoms with Gasteiger partial charge in [0.25, 0.3) is 5.91 Å². The van der Waals surface area contributed by atoms with Gasteiger partial charge in [-0.25, -0.2) is 0 Å². The zero-order valence-electron chi connectivity index (χ0n) is 16.3. The zero-order valence-corrected chi connectivity index (χ0v) is 16.3. The number of rotatable bonds is 8. The second-order valence-corrected chi connectivity index (χ2v) is 6.94. The number of ether oxygens (including phenoxy) is 2. The molecule has 1 saturated heterocycles. The zero-order chi connectivity index (χ0) is 19.8. The van der Waals surface area contributed by atoms with Gasteiger partial charge in [-0.05, 0) is 18.2 Å². The number of carbonyl (C=O) groups excluding carboxylic acids is 1. The molecule has 0 spiro atoms. The lowest BCUT2D eigenvalue weighted by atomic mass is 10.2. The number of nitrogens with zero attached hydrogens (tertiary/aromatic N) is 2. The number of β-amino-alcohol motifs (C(OH)–C–C–N with tert-alkyl or cyclic N) is 1. The van der Waals surface area contributed by atoms with Gasteiger partial charge in [0.2, 0.25) is 0 Å². The minimum Gasteiger partial charge on any atom is -0.496 e. The standard InChI is InChI=1S/C22H28N2O4/c1-27-21-10-6-5-9-19(21)16-28-17-20(25)15-23-11-13-24(14-12-23)22(26)18-7-3-2-4-8-18/h2-10,20,25H,11-17H2,1H3. The molecule has 28 heavy (non-hydrogen) atoms. The van der Waals surface area contributed by atoms with Gasteiger partial charge in [0.15, 0.2) is 0 Å². The van der Waals surface area contributed by atoms with Gasteiger partial charge >= 0.3 is 0 Å². The van der Waals surface area contributed by atoms with Gasteiger partial charge in [0, 0.05) is 43.9 Å². The fourth-order valence-electron chi connectivity index (χ4n) is 3.37. The fourth-order valence-corrected chi connectivity index (χ4v) is 3.37. The van der Waals surface area contributed by atoms with E-state index in [0.717, 1.165) is 30.0 Å². The average molecular weight is 384 g/mol. The van der Waals surface area contributed by atoms with Crippen molar-refractivity contribution < 1.29 is 19.4 Å². The number of benzene rings is 2. The number of aliphatic hydroxyl groups is 1. The number of methoxy groups -OCH3 is 1. The summed E-state index contributed by atoms with van der Waals surface area (Å²) in [6, 6.07) is 17.1. The molecule has 2 aromatic carbocycles. The van der Waals surface area contributed by atoms with Gasteiger partial charge in [-0.3, -0.25) is 9.69 Å². The Labute approximate surface area is 166 Å². The van der Waals surface area contributed by atoms with Crippen LogP contribution in [0, 0.1) is 0 Å². The molecular weight excluding hydrogens is 356 g/mol. The summed E-state index contributed by atoms with van der Waals surface area (Å²) in [6.45, 7) is 4.05. The van der Waals surface area contributed by atoms with Crippen molar-refractivity contribution in [1.29, 1.82) is 0 Å². The molecule has 1 unspecified atom stereocenters. The molecule has 0 aliphatic carbocycles. The highest BCUT2D eigenvalue weighted by molar-refractivity contribution is 5.94. The van der Waals surface area contributed by atoms with Crippen LogP contribution in [-0.2, 0) is 11.3 Å². The van der Waals surface area contributed by atoms with E-state index in [1.54, 1.807) is 7.11 Å². The van der Waals surface area contributed by atoms with Crippen LogP contribution >= 0.6 is 0 Å². The van der Waals surface area contributed by atoms with Crippen molar-refractivity contribution >= 4 is 5.91 Å². The smallest absolute Gasteiger partial charge is 0.253 e. The topological polar surface area (TPSA) is 62.2 Å². The van der Waals surface area contributed by atoms with Crippen LogP contribution in [-0.4, -0.2) is 73.4 Å². The van der Waals surface area contributed by atoms with E-state index in [-0.39, 0.29) is 12.5 Å². The van der Waals surface area contributed by atoms with E-state index in [1.807, 2.05) is 59.5 Å². The van der Waals surface area contributed by atoms with Crippen molar-refractivity contribution in [2.24, 2.45) is 0 Å². The molecule has 0 bridgehead atoms. The van der Waals surface area contributed by atoms with Gasteiger partial charge in [-0.15, -0.1) is 0 Å².